The number of aryl methyl sites for hydroxylation is 1. The van der Waals surface area contributed by atoms with E-state index in [1.807, 2.05) is 28.5 Å². The predicted molar refractivity (Wildman–Crippen MR) is 113 cm³/mol. The Morgan fingerprint density at radius 2 is 1.96 bits per heavy atom. The SMILES string of the molecule is CCc1c(C)nc2ccccc2c1N1CCCN(C(=O)c2cccs2)CC1. The van der Waals surface area contributed by atoms with Crippen LogP contribution in [0.2, 0.25) is 0 Å². The Morgan fingerprint density at radius 1 is 1.11 bits per heavy atom. The summed E-state index contributed by atoms with van der Waals surface area (Å²) < 4.78 is 0. The quantitative estimate of drug-likeness (QED) is 0.671. The van der Waals surface area contributed by atoms with Crippen LogP contribution in [0.1, 0.15) is 34.3 Å². The second-order valence-electron chi connectivity index (χ2n) is 7.01. The van der Waals surface area contributed by atoms with Gasteiger partial charge >= 0.3 is 0 Å². The summed E-state index contributed by atoms with van der Waals surface area (Å²) in [6, 6.07) is 12.3. The number of thiophene rings is 1. The van der Waals surface area contributed by atoms with E-state index >= 15 is 0 Å². The van der Waals surface area contributed by atoms with Gasteiger partial charge < -0.3 is 9.80 Å². The normalized spacial score (nSPS) is 15.2. The van der Waals surface area contributed by atoms with E-state index in [9.17, 15) is 4.79 Å². The van der Waals surface area contributed by atoms with Gasteiger partial charge in [-0.25, -0.2) is 0 Å². The Kier molecular flexibility index (Phi) is 5.12. The second kappa shape index (κ2) is 7.69. The van der Waals surface area contributed by atoms with E-state index in [1.165, 1.54) is 28.0 Å². The van der Waals surface area contributed by atoms with Crippen molar-refractivity contribution in [3.05, 3.63) is 57.9 Å². The van der Waals surface area contributed by atoms with Gasteiger partial charge in [-0.3, -0.25) is 9.78 Å². The van der Waals surface area contributed by atoms with E-state index in [4.69, 9.17) is 4.98 Å². The monoisotopic (exact) mass is 379 g/mol. The van der Waals surface area contributed by atoms with Crippen molar-refractivity contribution in [1.29, 1.82) is 0 Å². The Balaban J connectivity index is 1.65. The second-order valence-corrected chi connectivity index (χ2v) is 7.95. The molecular weight excluding hydrogens is 354 g/mol. The van der Waals surface area contributed by atoms with Crippen LogP contribution in [0.5, 0.6) is 0 Å². The average Bonchev–Trinajstić information content (AvgIpc) is 3.11. The summed E-state index contributed by atoms with van der Waals surface area (Å²) in [4.78, 5) is 22.9. The Bertz CT molecular complexity index is 952. The lowest BCUT2D eigenvalue weighted by Gasteiger charge is -2.28. The minimum Gasteiger partial charge on any atom is -0.369 e. The van der Waals surface area contributed by atoms with E-state index in [1.54, 1.807) is 0 Å². The Morgan fingerprint density at radius 3 is 2.74 bits per heavy atom. The van der Waals surface area contributed by atoms with Gasteiger partial charge in [0.15, 0.2) is 0 Å². The largest absolute Gasteiger partial charge is 0.369 e. The predicted octanol–water partition coefficient (Wildman–Crippen LogP) is 4.52. The first kappa shape index (κ1) is 18.0. The lowest BCUT2D eigenvalue weighted by molar-refractivity contribution is 0.0772. The standard InChI is InChI=1S/C22H25N3OS/c1-3-17-16(2)23-19-9-5-4-8-18(19)21(17)24-11-7-12-25(14-13-24)22(26)20-10-6-15-27-20/h4-6,8-10,15H,3,7,11-14H2,1-2H3. The number of benzene rings is 1. The number of rotatable bonds is 3. The molecule has 4 nitrogen and oxygen atoms in total. The van der Waals surface area contributed by atoms with Gasteiger partial charge in [0.1, 0.15) is 0 Å². The van der Waals surface area contributed by atoms with Crippen LogP contribution < -0.4 is 4.90 Å². The maximum absolute atomic E-state index is 12.8. The van der Waals surface area contributed by atoms with Gasteiger partial charge in [0, 0.05) is 37.3 Å². The lowest BCUT2D eigenvalue weighted by Crippen LogP contribution is -2.35. The highest BCUT2D eigenvalue weighted by atomic mass is 32.1. The topological polar surface area (TPSA) is 36.4 Å². The molecule has 5 heteroatoms. The molecule has 0 bridgehead atoms. The molecule has 3 heterocycles. The summed E-state index contributed by atoms with van der Waals surface area (Å²) in [5, 5.41) is 3.19. The number of anilines is 1. The van der Waals surface area contributed by atoms with Crippen molar-refractivity contribution in [1.82, 2.24) is 9.88 Å². The fraction of sp³-hybridized carbons (Fsp3) is 0.364. The van der Waals surface area contributed by atoms with Crippen LogP contribution in [0.4, 0.5) is 5.69 Å². The number of hydrogen-bond donors (Lipinski definition) is 0. The zero-order valence-electron chi connectivity index (χ0n) is 15.9. The number of amides is 1. The minimum atomic E-state index is 0.165. The lowest BCUT2D eigenvalue weighted by atomic mass is 10.0. The van der Waals surface area contributed by atoms with Crippen LogP contribution in [0.15, 0.2) is 41.8 Å². The molecule has 3 aromatic rings. The van der Waals surface area contributed by atoms with E-state index in [0.29, 0.717) is 0 Å². The van der Waals surface area contributed by atoms with Crippen molar-refractivity contribution in [3.8, 4) is 0 Å². The molecule has 1 aliphatic rings. The van der Waals surface area contributed by atoms with Gasteiger partial charge in [-0.1, -0.05) is 31.2 Å². The summed E-state index contributed by atoms with van der Waals surface area (Å²) in [5.74, 6) is 0.165. The summed E-state index contributed by atoms with van der Waals surface area (Å²) in [7, 11) is 0. The molecule has 4 rings (SSSR count). The van der Waals surface area contributed by atoms with E-state index in [-0.39, 0.29) is 5.91 Å². The van der Waals surface area contributed by atoms with Crippen molar-refractivity contribution >= 4 is 33.8 Å². The first-order valence-corrected chi connectivity index (χ1v) is 10.5. The molecule has 0 aliphatic carbocycles. The van der Waals surface area contributed by atoms with Gasteiger partial charge in [0.05, 0.1) is 16.1 Å². The van der Waals surface area contributed by atoms with Crippen LogP contribution in [-0.4, -0.2) is 42.0 Å². The molecule has 0 unspecified atom stereocenters. The zero-order chi connectivity index (χ0) is 18.8. The highest BCUT2D eigenvalue weighted by molar-refractivity contribution is 7.12. The minimum absolute atomic E-state index is 0.165. The van der Waals surface area contributed by atoms with Crippen molar-refractivity contribution in [2.75, 3.05) is 31.1 Å². The molecule has 1 amide bonds. The van der Waals surface area contributed by atoms with Crippen LogP contribution >= 0.6 is 11.3 Å². The smallest absolute Gasteiger partial charge is 0.263 e. The van der Waals surface area contributed by atoms with Crippen LogP contribution in [-0.2, 0) is 6.42 Å². The molecule has 0 N–H and O–H groups in total. The van der Waals surface area contributed by atoms with Crippen LogP contribution in [0, 0.1) is 6.92 Å². The molecule has 27 heavy (non-hydrogen) atoms. The van der Waals surface area contributed by atoms with Gasteiger partial charge in [-0.2, -0.15) is 0 Å². The highest BCUT2D eigenvalue weighted by Gasteiger charge is 2.24. The molecule has 1 saturated heterocycles. The fourth-order valence-corrected chi connectivity index (χ4v) is 4.73. The third-order valence-electron chi connectivity index (χ3n) is 5.35. The molecular formula is C22H25N3OS. The number of para-hydroxylation sites is 1. The molecule has 1 fully saturated rings. The number of aromatic nitrogens is 1. The zero-order valence-corrected chi connectivity index (χ0v) is 16.8. The Labute approximate surface area is 164 Å². The highest BCUT2D eigenvalue weighted by Crippen LogP contribution is 2.33. The molecule has 140 valence electrons. The maximum atomic E-state index is 12.8. The number of nitrogens with zero attached hydrogens (tertiary/aromatic N) is 3. The van der Waals surface area contributed by atoms with Gasteiger partial charge in [-0.05, 0) is 42.8 Å². The van der Waals surface area contributed by atoms with Crippen molar-refractivity contribution in [3.63, 3.8) is 0 Å². The van der Waals surface area contributed by atoms with Gasteiger partial charge in [0.2, 0.25) is 0 Å². The van der Waals surface area contributed by atoms with E-state index in [0.717, 1.165) is 55.1 Å². The number of hydrogen-bond acceptors (Lipinski definition) is 4. The first-order valence-electron chi connectivity index (χ1n) is 9.65. The molecule has 1 aliphatic heterocycles. The number of carbonyl (C=O) groups excluding carboxylic acids is 1. The molecule has 0 atom stereocenters. The fourth-order valence-electron chi connectivity index (χ4n) is 4.04. The average molecular weight is 380 g/mol. The van der Waals surface area contributed by atoms with Gasteiger partial charge in [-0.15, -0.1) is 11.3 Å². The number of pyridine rings is 1. The number of fused-ring (bicyclic) bond motifs is 1. The van der Waals surface area contributed by atoms with Crippen LogP contribution in [0.3, 0.4) is 0 Å². The van der Waals surface area contributed by atoms with Gasteiger partial charge in [0.25, 0.3) is 5.91 Å². The molecule has 0 radical (unpaired) electrons. The van der Waals surface area contributed by atoms with Crippen molar-refractivity contribution in [2.24, 2.45) is 0 Å². The van der Waals surface area contributed by atoms with Crippen molar-refractivity contribution < 1.29 is 4.79 Å². The van der Waals surface area contributed by atoms with E-state index < -0.39 is 0 Å². The Hall–Kier alpha value is -2.40. The number of carbonyl (C=O) groups is 1. The molecule has 1 aromatic carbocycles. The molecule has 2 aromatic heterocycles. The third-order valence-corrected chi connectivity index (χ3v) is 6.21. The molecule has 0 spiro atoms. The summed E-state index contributed by atoms with van der Waals surface area (Å²) in [5.41, 5.74) is 4.80. The summed E-state index contributed by atoms with van der Waals surface area (Å²) in [6.45, 7) is 7.71. The third kappa shape index (κ3) is 3.44. The molecule has 0 saturated carbocycles. The van der Waals surface area contributed by atoms with Crippen molar-refractivity contribution in [2.45, 2.75) is 26.7 Å². The summed E-state index contributed by atoms with van der Waals surface area (Å²) in [6.07, 6.45) is 1.95. The maximum Gasteiger partial charge on any atom is 0.263 e. The summed E-state index contributed by atoms with van der Waals surface area (Å²) >= 11 is 1.53. The first-order chi connectivity index (χ1) is 13.2. The van der Waals surface area contributed by atoms with E-state index in [2.05, 4.69) is 36.9 Å². The van der Waals surface area contributed by atoms with Crippen LogP contribution in [0.25, 0.3) is 10.9 Å².